The van der Waals surface area contributed by atoms with Crippen LogP contribution in [0.1, 0.15) is 54.4 Å². The van der Waals surface area contributed by atoms with Gasteiger partial charge in [-0.2, -0.15) is 0 Å². The molecule has 2 aliphatic rings. The molecule has 4 rings (SSSR count). The maximum absolute atomic E-state index is 13.2. The molecule has 2 heterocycles. The third-order valence-electron chi connectivity index (χ3n) is 7.45. The van der Waals surface area contributed by atoms with Gasteiger partial charge in [0.2, 0.25) is 0 Å². The van der Waals surface area contributed by atoms with Crippen molar-refractivity contribution in [3.05, 3.63) is 69.7 Å². The van der Waals surface area contributed by atoms with Crippen molar-refractivity contribution >= 4 is 35.1 Å². The number of hydrogen-bond donors (Lipinski definition) is 1. The minimum Gasteiger partial charge on any atom is -0.338 e. The second-order valence-corrected chi connectivity index (χ2v) is 10.5. The molecule has 2 aromatic carbocycles. The number of likely N-dealkylation sites (N-methyl/N-ethyl adjacent to an activating group) is 1. The number of carbonyl (C=O) groups excluding carboxylic acids is 2. The maximum Gasteiger partial charge on any atom is 0.317 e. The van der Waals surface area contributed by atoms with Crippen molar-refractivity contribution in [1.29, 1.82) is 0 Å². The van der Waals surface area contributed by atoms with Gasteiger partial charge in [-0.15, -0.1) is 0 Å². The molecule has 1 atom stereocenters. The predicted molar refractivity (Wildman–Crippen MR) is 146 cm³/mol. The van der Waals surface area contributed by atoms with Crippen LogP contribution in [-0.4, -0.2) is 78.5 Å². The highest BCUT2D eigenvalue weighted by atomic mass is 35.5. The van der Waals surface area contributed by atoms with Crippen molar-refractivity contribution in [1.82, 2.24) is 20.0 Å². The summed E-state index contributed by atoms with van der Waals surface area (Å²) in [7, 11) is 0. The molecule has 2 aromatic rings. The van der Waals surface area contributed by atoms with Gasteiger partial charge in [0.25, 0.3) is 5.91 Å². The van der Waals surface area contributed by atoms with Gasteiger partial charge in [-0.25, -0.2) is 4.79 Å². The number of likely N-dealkylation sites (tertiary alicyclic amines) is 1. The lowest BCUT2D eigenvalue weighted by atomic mass is 9.93. The van der Waals surface area contributed by atoms with Gasteiger partial charge in [0.1, 0.15) is 0 Å². The van der Waals surface area contributed by atoms with Crippen molar-refractivity contribution < 1.29 is 9.59 Å². The zero-order chi connectivity index (χ0) is 25.5. The SMILES string of the molecule is CCN(C[C@@H](CCN1CCC(N2CCCNC2=O)CC1)c1ccc(Cl)c(Cl)c1)C(=O)c1ccccc1. The number of hydrogen-bond acceptors (Lipinski definition) is 3. The summed E-state index contributed by atoms with van der Waals surface area (Å²) in [6, 6.07) is 15.7. The number of benzene rings is 2. The molecule has 3 amide bonds. The Balaban J connectivity index is 1.41. The summed E-state index contributed by atoms with van der Waals surface area (Å²) in [6.07, 6.45) is 3.93. The average molecular weight is 532 g/mol. The van der Waals surface area contributed by atoms with Gasteiger partial charge < -0.3 is 20.0 Å². The fourth-order valence-electron chi connectivity index (χ4n) is 5.30. The van der Waals surface area contributed by atoms with Gasteiger partial charge >= 0.3 is 6.03 Å². The van der Waals surface area contributed by atoms with Crippen molar-refractivity contribution in [2.24, 2.45) is 0 Å². The van der Waals surface area contributed by atoms with Crippen LogP contribution in [-0.2, 0) is 0 Å². The van der Waals surface area contributed by atoms with E-state index in [9.17, 15) is 9.59 Å². The molecule has 0 unspecified atom stereocenters. The Morgan fingerprint density at radius 2 is 1.83 bits per heavy atom. The number of carbonyl (C=O) groups is 2. The van der Waals surface area contributed by atoms with Gasteiger partial charge in [-0.3, -0.25) is 4.79 Å². The normalized spacial score (nSPS) is 18.1. The quantitative estimate of drug-likeness (QED) is 0.465. The molecule has 0 spiro atoms. The number of halogens is 2. The third-order valence-corrected chi connectivity index (χ3v) is 8.19. The molecule has 0 radical (unpaired) electrons. The summed E-state index contributed by atoms with van der Waals surface area (Å²) < 4.78 is 0. The first-order valence-corrected chi connectivity index (χ1v) is 13.8. The van der Waals surface area contributed by atoms with Crippen LogP contribution in [0.3, 0.4) is 0 Å². The van der Waals surface area contributed by atoms with Crippen LogP contribution in [0.2, 0.25) is 10.0 Å². The predicted octanol–water partition coefficient (Wildman–Crippen LogP) is 5.51. The van der Waals surface area contributed by atoms with Crippen LogP contribution in [0.5, 0.6) is 0 Å². The van der Waals surface area contributed by atoms with E-state index in [1.165, 1.54) is 0 Å². The Morgan fingerprint density at radius 3 is 2.50 bits per heavy atom. The number of rotatable bonds is 9. The molecule has 0 bridgehead atoms. The summed E-state index contributed by atoms with van der Waals surface area (Å²) >= 11 is 12.6. The molecule has 0 aliphatic carbocycles. The summed E-state index contributed by atoms with van der Waals surface area (Å²) in [5.74, 6) is 0.182. The molecule has 0 aromatic heterocycles. The number of nitrogens with one attached hydrogen (secondary N) is 1. The van der Waals surface area contributed by atoms with Gasteiger partial charge in [0.05, 0.1) is 10.0 Å². The highest BCUT2D eigenvalue weighted by Gasteiger charge is 2.30. The number of nitrogens with zero attached hydrogens (tertiary/aromatic N) is 3. The van der Waals surface area contributed by atoms with E-state index in [1.807, 2.05) is 65.3 Å². The highest BCUT2D eigenvalue weighted by Crippen LogP contribution is 2.30. The molecule has 2 saturated heterocycles. The Morgan fingerprint density at radius 1 is 1.08 bits per heavy atom. The van der Waals surface area contributed by atoms with E-state index in [1.54, 1.807) is 0 Å². The lowest BCUT2D eigenvalue weighted by molar-refractivity contribution is 0.0745. The summed E-state index contributed by atoms with van der Waals surface area (Å²) in [5, 5.41) is 4.05. The number of piperidine rings is 1. The molecule has 1 N–H and O–H groups in total. The summed E-state index contributed by atoms with van der Waals surface area (Å²) in [4.78, 5) is 31.9. The third kappa shape index (κ3) is 6.72. The molecule has 8 heteroatoms. The van der Waals surface area contributed by atoms with E-state index in [0.29, 0.717) is 34.7 Å². The van der Waals surface area contributed by atoms with E-state index in [2.05, 4.69) is 10.2 Å². The van der Waals surface area contributed by atoms with E-state index < -0.39 is 0 Å². The molecule has 2 fully saturated rings. The highest BCUT2D eigenvalue weighted by molar-refractivity contribution is 6.42. The summed E-state index contributed by atoms with van der Waals surface area (Å²) in [6.45, 7) is 7.80. The van der Waals surface area contributed by atoms with Crippen LogP contribution >= 0.6 is 23.2 Å². The Kier molecular flexibility index (Phi) is 9.52. The van der Waals surface area contributed by atoms with E-state index in [-0.39, 0.29) is 17.9 Å². The minimum atomic E-state index is 0.0452. The second-order valence-electron chi connectivity index (χ2n) is 9.72. The van der Waals surface area contributed by atoms with Crippen LogP contribution in [0, 0.1) is 0 Å². The Hall–Kier alpha value is -2.28. The Bertz CT molecular complexity index is 1030. The van der Waals surface area contributed by atoms with Crippen molar-refractivity contribution in [2.75, 3.05) is 45.8 Å². The lowest BCUT2D eigenvalue weighted by Crippen LogP contribution is -2.54. The molecular weight excluding hydrogens is 495 g/mol. The largest absolute Gasteiger partial charge is 0.338 e. The van der Waals surface area contributed by atoms with Gasteiger partial charge in [0, 0.05) is 56.8 Å². The average Bonchev–Trinajstić information content (AvgIpc) is 2.91. The van der Waals surface area contributed by atoms with E-state index in [0.717, 1.165) is 64.0 Å². The fourth-order valence-corrected chi connectivity index (χ4v) is 5.61. The van der Waals surface area contributed by atoms with Crippen LogP contribution < -0.4 is 5.32 Å². The van der Waals surface area contributed by atoms with Crippen molar-refractivity contribution in [2.45, 2.75) is 44.6 Å². The van der Waals surface area contributed by atoms with Gasteiger partial charge in [-0.1, -0.05) is 47.5 Å². The first-order valence-electron chi connectivity index (χ1n) is 13.0. The maximum atomic E-state index is 13.2. The first-order chi connectivity index (χ1) is 17.5. The molecule has 36 heavy (non-hydrogen) atoms. The molecule has 2 aliphatic heterocycles. The first kappa shape index (κ1) is 26.8. The molecule has 0 saturated carbocycles. The van der Waals surface area contributed by atoms with Gasteiger partial charge in [0.15, 0.2) is 0 Å². The van der Waals surface area contributed by atoms with Crippen molar-refractivity contribution in [3.63, 3.8) is 0 Å². The topological polar surface area (TPSA) is 55.9 Å². The zero-order valence-electron chi connectivity index (χ0n) is 21.0. The monoisotopic (exact) mass is 530 g/mol. The number of amides is 3. The van der Waals surface area contributed by atoms with Crippen LogP contribution in [0.15, 0.2) is 48.5 Å². The minimum absolute atomic E-state index is 0.0452. The molecule has 6 nitrogen and oxygen atoms in total. The van der Waals surface area contributed by atoms with E-state index in [4.69, 9.17) is 23.2 Å². The Labute approximate surface area is 224 Å². The van der Waals surface area contributed by atoms with Gasteiger partial charge in [-0.05, 0) is 69.0 Å². The van der Waals surface area contributed by atoms with Crippen molar-refractivity contribution in [3.8, 4) is 0 Å². The number of urea groups is 1. The standard InChI is InChI=1S/C28H36Cl2N4O2/c1-2-33(27(35)21-7-4-3-5-8-21)20-23(22-9-10-25(29)26(30)19-22)11-16-32-17-12-24(13-18-32)34-15-6-14-31-28(34)36/h3-5,7-10,19,23-24H,2,6,11-18,20H2,1H3,(H,31,36)/t23-/m1/s1. The smallest absolute Gasteiger partial charge is 0.317 e. The molecular formula is C28H36Cl2N4O2. The van der Waals surface area contributed by atoms with Crippen LogP contribution in [0.4, 0.5) is 4.79 Å². The second kappa shape index (κ2) is 12.8. The van der Waals surface area contributed by atoms with E-state index >= 15 is 0 Å². The lowest BCUT2D eigenvalue weighted by Gasteiger charge is -2.40. The summed E-state index contributed by atoms with van der Waals surface area (Å²) in [5.41, 5.74) is 1.81. The molecule has 194 valence electrons. The fraction of sp³-hybridized carbons (Fsp3) is 0.500. The zero-order valence-corrected chi connectivity index (χ0v) is 22.5. The van der Waals surface area contributed by atoms with Crippen LogP contribution in [0.25, 0.3) is 0 Å².